The van der Waals surface area contributed by atoms with Crippen LogP contribution in [0.2, 0.25) is 0 Å². The summed E-state index contributed by atoms with van der Waals surface area (Å²) in [6.07, 6.45) is 0.802. The van der Waals surface area contributed by atoms with Gasteiger partial charge in [0.25, 0.3) is 10.0 Å². The second-order valence-corrected chi connectivity index (χ2v) is 9.34. The van der Waals surface area contributed by atoms with E-state index in [1.165, 1.54) is 18.7 Å². The molecule has 2 aromatic rings. The number of likely N-dealkylation sites (N-methyl/N-ethyl adjacent to an activating group) is 1. The van der Waals surface area contributed by atoms with E-state index in [2.05, 4.69) is 22.3 Å². The molecule has 0 saturated carbocycles. The molecule has 2 rings (SSSR count). The molecule has 0 aliphatic carbocycles. The molecule has 1 aromatic heterocycles. The van der Waals surface area contributed by atoms with Gasteiger partial charge in [-0.1, -0.05) is 36.4 Å². The Labute approximate surface area is 159 Å². The molecule has 142 valence electrons. The van der Waals surface area contributed by atoms with Crippen LogP contribution < -0.4 is 5.32 Å². The molecule has 1 N–H and O–H groups in total. The molecule has 0 aliphatic rings. The fourth-order valence-electron chi connectivity index (χ4n) is 2.46. The predicted molar refractivity (Wildman–Crippen MR) is 105 cm³/mol. The second-order valence-electron chi connectivity index (χ2n) is 6.12. The zero-order chi connectivity index (χ0) is 19.0. The molecule has 0 saturated heterocycles. The first-order valence-corrected chi connectivity index (χ1v) is 10.7. The van der Waals surface area contributed by atoms with Crippen LogP contribution in [0, 0.1) is 0 Å². The average molecular weight is 396 g/mol. The summed E-state index contributed by atoms with van der Waals surface area (Å²) >= 11 is 1.14. The van der Waals surface area contributed by atoms with E-state index in [1.807, 2.05) is 25.2 Å². The maximum absolute atomic E-state index is 12.3. The zero-order valence-electron chi connectivity index (χ0n) is 15.1. The van der Waals surface area contributed by atoms with Gasteiger partial charge in [0.15, 0.2) is 0 Å². The number of carbonyl (C=O) groups excluding carboxylic acids is 1. The summed E-state index contributed by atoms with van der Waals surface area (Å²) in [5.41, 5.74) is 1.25. The Morgan fingerprint density at radius 1 is 1.12 bits per heavy atom. The highest BCUT2D eigenvalue weighted by Crippen LogP contribution is 2.19. The lowest BCUT2D eigenvalue weighted by Crippen LogP contribution is -2.38. The molecule has 0 fully saturated rings. The average Bonchev–Trinajstić information content (AvgIpc) is 3.15. The highest BCUT2D eigenvalue weighted by atomic mass is 32.2. The van der Waals surface area contributed by atoms with Crippen molar-refractivity contribution in [1.82, 2.24) is 14.5 Å². The monoisotopic (exact) mass is 395 g/mol. The van der Waals surface area contributed by atoms with Crippen LogP contribution in [0.25, 0.3) is 0 Å². The van der Waals surface area contributed by atoms with Crippen LogP contribution in [-0.4, -0.2) is 57.3 Å². The van der Waals surface area contributed by atoms with Gasteiger partial charge >= 0.3 is 0 Å². The first kappa shape index (κ1) is 20.6. The normalized spacial score (nSPS) is 11.8. The molecule has 1 amide bonds. The van der Waals surface area contributed by atoms with Crippen molar-refractivity contribution in [3.8, 4) is 0 Å². The summed E-state index contributed by atoms with van der Waals surface area (Å²) in [5, 5.41) is 4.48. The van der Waals surface area contributed by atoms with Crippen LogP contribution in [0.1, 0.15) is 12.0 Å². The van der Waals surface area contributed by atoms with Crippen molar-refractivity contribution < 1.29 is 13.2 Å². The number of benzene rings is 1. The maximum Gasteiger partial charge on any atom is 0.252 e. The van der Waals surface area contributed by atoms with Gasteiger partial charge in [0.05, 0.1) is 6.54 Å². The fourth-order valence-corrected chi connectivity index (χ4v) is 4.79. The van der Waals surface area contributed by atoms with Crippen LogP contribution in [0.3, 0.4) is 0 Å². The molecule has 1 heterocycles. The summed E-state index contributed by atoms with van der Waals surface area (Å²) in [7, 11) is -0.130. The van der Waals surface area contributed by atoms with Crippen molar-refractivity contribution in [2.75, 3.05) is 33.7 Å². The number of amides is 1. The molecule has 26 heavy (non-hydrogen) atoms. The third-order valence-electron chi connectivity index (χ3n) is 3.86. The lowest BCUT2D eigenvalue weighted by Gasteiger charge is -2.18. The minimum absolute atomic E-state index is 0.180. The second kappa shape index (κ2) is 9.82. The molecule has 1 aromatic carbocycles. The number of nitrogens with one attached hydrogen (secondary N) is 1. The molecule has 6 nitrogen and oxygen atoms in total. The third-order valence-corrected chi connectivity index (χ3v) is 7.04. The largest absolute Gasteiger partial charge is 0.355 e. The number of rotatable bonds is 10. The predicted octanol–water partition coefficient (Wildman–Crippen LogP) is 2.01. The van der Waals surface area contributed by atoms with E-state index >= 15 is 0 Å². The van der Waals surface area contributed by atoms with Crippen molar-refractivity contribution in [2.24, 2.45) is 0 Å². The first-order valence-electron chi connectivity index (χ1n) is 8.38. The van der Waals surface area contributed by atoms with Gasteiger partial charge in [-0.2, -0.15) is 4.31 Å². The molecular formula is C18H25N3O3S2. The van der Waals surface area contributed by atoms with Gasteiger partial charge in [-0.05, 0) is 37.0 Å². The Morgan fingerprint density at radius 3 is 2.50 bits per heavy atom. The molecular weight excluding hydrogens is 370 g/mol. The van der Waals surface area contributed by atoms with E-state index in [4.69, 9.17) is 0 Å². The van der Waals surface area contributed by atoms with Crippen LogP contribution in [0.15, 0.2) is 52.1 Å². The van der Waals surface area contributed by atoms with Gasteiger partial charge in [-0.3, -0.25) is 4.79 Å². The highest BCUT2D eigenvalue weighted by molar-refractivity contribution is 7.91. The van der Waals surface area contributed by atoms with E-state index in [1.54, 1.807) is 11.4 Å². The minimum atomic E-state index is -3.59. The Morgan fingerprint density at radius 2 is 1.85 bits per heavy atom. The Balaban J connectivity index is 1.67. The molecule has 0 aliphatic heterocycles. The molecule has 0 radical (unpaired) electrons. The summed E-state index contributed by atoms with van der Waals surface area (Å²) in [5.74, 6) is -0.293. The van der Waals surface area contributed by atoms with Crippen LogP contribution in [0.4, 0.5) is 0 Å². The Hall–Kier alpha value is -1.74. The quantitative estimate of drug-likeness (QED) is 0.625. The fraction of sp³-hybridized carbons (Fsp3) is 0.389. The number of carbonyl (C=O) groups is 1. The third kappa shape index (κ3) is 6.21. The van der Waals surface area contributed by atoms with Crippen LogP contribution in [-0.2, 0) is 21.4 Å². The SMILES string of the molecule is CN(CCCNC(=O)CN(C)S(=O)(=O)c1cccs1)Cc1ccccc1. The zero-order valence-corrected chi connectivity index (χ0v) is 16.7. The summed E-state index contributed by atoms with van der Waals surface area (Å²) in [6.45, 7) is 2.04. The van der Waals surface area contributed by atoms with E-state index < -0.39 is 10.0 Å². The first-order chi connectivity index (χ1) is 12.4. The molecule has 0 bridgehead atoms. The van der Waals surface area contributed by atoms with E-state index in [9.17, 15) is 13.2 Å². The molecule has 0 atom stereocenters. The molecule has 8 heteroatoms. The topological polar surface area (TPSA) is 69.7 Å². The van der Waals surface area contributed by atoms with E-state index in [0.717, 1.165) is 35.2 Å². The van der Waals surface area contributed by atoms with E-state index in [0.29, 0.717) is 6.54 Å². The van der Waals surface area contributed by atoms with Gasteiger partial charge in [0.2, 0.25) is 5.91 Å². The van der Waals surface area contributed by atoms with Crippen LogP contribution >= 0.6 is 11.3 Å². The number of hydrogen-bond donors (Lipinski definition) is 1. The number of thiophene rings is 1. The van der Waals surface area contributed by atoms with Crippen molar-refractivity contribution in [3.63, 3.8) is 0 Å². The van der Waals surface area contributed by atoms with Crippen molar-refractivity contribution in [2.45, 2.75) is 17.2 Å². The summed E-state index contributed by atoms with van der Waals surface area (Å²) < 4.78 is 25.9. The smallest absolute Gasteiger partial charge is 0.252 e. The number of hydrogen-bond acceptors (Lipinski definition) is 5. The maximum atomic E-state index is 12.3. The highest BCUT2D eigenvalue weighted by Gasteiger charge is 2.23. The molecule has 0 spiro atoms. The summed E-state index contributed by atoms with van der Waals surface area (Å²) in [6, 6.07) is 13.4. The van der Waals surface area contributed by atoms with Gasteiger partial charge < -0.3 is 10.2 Å². The van der Waals surface area contributed by atoms with Crippen molar-refractivity contribution in [3.05, 3.63) is 53.4 Å². The minimum Gasteiger partial charge on any atom is -0.355 e. The lowest BCUT2D eigenvalue weighted by molar-refractivity contribution is -0.121. The number of sulfonamides is 1. The number of nitrogens with zero attached hydrogens (tertiary/aromatic N) is 2. The Kier molecular flexibility index (Phi) is 7.77. The van der Waals surface area contributed by atoms with E-state index in [-0.39, 0.29) is 16.7 Å². The standard InChI is InChI=1S/C18H25N3O3S2/c1-20(14-16-8-4-3-5-9-16)12-7-11-19-17(22)15-21(2)26(23,24)18-10-6-13-25-18/h3-6,8-10,13H,7,11-12,14-15H2,1-2H3,(H,19,22). The van der Waals surface area contributed by atoms with Gasteiger partial charge in [0, 0.05) is 20.1 Å². The summed E-state index contributed by atoms with van der Waals surface area (Å²) in [4.78, 5) is 14.2. The van der Waals surface area contributed by atoms with Gasteiger partial charge in [-0.25, -0.2) is 8.42 Å². The van der Waals surface area contributed by atoms with Gasteiger partial charge in [-0.15, -0.1) is 11.3 Å². The van der Waals surface area contributed by atoms with Crippen molar-refractivity contribution in [1.29, 1.82) is 0 Å². The van der Waals surface area contributed by atoms with Gasteiger partial charge in [0.1, 0.15) is 4.21 Å². The lowest BCUT2D eigenvalue weighted by atomic mass is 10.2. The van der Waals surface area contributed by atoms with Crippen molar-refractivity contribution >= 4 is 27.3 Å². The van der Waals surface area contributed by atoms with Crippen LogP contribution in [0.5, 0.6) is 0 Å². The Bertz CT molecular complexity index is 777. The molecule has 0 unspecified atom stereocenters.